The lowest BCUT2D eigenvalue weighted by molar-refractivity contribution is 0.00963. The van der Waals surface area contributed by atoms with Crippen LogP contribution in [0.15, 0.2) is 42.6 Å². The average molecular weight is 549 g/mol. The van der Waals surface area contributed by atoms with Gasteiger partial charge in [0.05, 0.1) is 11.6 Å². The van der Waals surface area contributed by atoms with E-state index < -0.39 is 11.7 Å². The Bertz CT molecular complexity index is 1230. The highest BCUT2D eigenvalue weighted by Gasteiger charge is 2.30. The van der Waals surface area contributed by atoms with Crippen molar-refractivity contribution in [2.45, 2.75) is 71.2 Å². The highest BCUT2D eigenvalue weighted by molar-refractivity contribution is 5.89. The van der Waals surface area contributed by atoms with Crippen molar-refractivity contribution in [3.8, 4) is 0 Å². The minimum atomic E-state index is -0.497. The third-order valence-electron chi connectivity index (χ3n) is 7.55. The van der Waals surface area contributed by atoms with Crippen LogP contribution < -0.4 is 10.2 Å². The van der Waals surface area contributed by atoms with Crippen LogP contribution in [0.5, 0.6) is 0 Å². The molecule has 0 spiro atoms. The first-order valence-corrected chi connectivity index (χ1v) is 14.2. The number of cyclic esters (lactones) is 1. The molecule has 1 N–H and O–H groups in total. The topological polar surface area (TPSA) is 100 Å². The number of carbonyl (C=O) groups excluding carboxylic acids is 2. The van der Waals surface area contributed by atoms with E-state index in [2.05, 4.69) is 57.4 Å². The summed E-state index contributed by atoms with van der Waals surface area (Å²) in [4.78, 5) is 40.1. The third kappa shape index (κ3) is 6.55. The van der Waals surface area contributed by atoms with Crippen LogP contribution in [0, 0.1) is 0 Å². The lowest BCUT2D eigenvalue weighted by Crippen LogP contribution is -2.50. The minimum absolute atomic E-state index is 0.0255. The Labute approximate surface area is 236 Å². The van der Waals surface area contributed by atoms with Crippen molar-refractivity contribution in [3.05, 3.63) is 59.3 Å². The fourth-order valence-corrected chi connectivity index (χ4v) is 5.38. The molecule has 40 heavy (non-hydrogen) atoms. The Balaban J connectivity index is 1.34. The average Bonchev–Trinajstić information content (AvgIpc) is 2.93. The van der Waals surface area contributed by atoms with Gasteiger partial charge in [0, 0.05) is 45.0 Å². The standard InChI is InChI=1S/C30H40N6O4/c1-21-22-10-12-23(13-11-22)25(34-15-17-35(18-16-34)28(37)40-30(2,3)4)9-7-5-6-8-14-36-26-24(20-39-29(36)38)19-31-27(32-21)33-26/h6,8,10-13,19,21,25H,5,7,9,14-18,20H2,1-4H3,(H,31,32,33)/b8-6-/t21-,25?/m0/s1. The Morgan fingerprint density at radius 3 is 2.52 bits per heavy atom. The molecule has 10 nitrogen and oxygen atoms in total. The summed E-state index contributed by atoms with van der Waals surface area (Å²) in [6.07, 6.45) is 8.12. The fraction of sp³-hybridized carbons (Fsp3) is 0.533. The number of nitrogens with one attached hydrogen (secondary N) is 1. The minimum Gasteiger partial charge on any atom is -0.444 e. The summed E-state index contributed by atoms with van der Waals surface area (Å²) in [5.74, 6) is 1.07. The lowest BCUT2D eigenvalue weighted by atomic mass is 9.96. The predicted molar refractivity (Wildman–Crippen MR) is 153 cm³/mol. The second-order valence-electron chi connectivity index (χ2n) is 11.7. The molecule has 4 aliphatic rings. The van der Waals surface area contributed by atoms with Crippen molar-refractivity contribution in [2.24, 2.45) is 0 Å². The van der Waals surface area contributed by atoms with E-state index >= 15 is 0 Å². The molecular formula is C30H40N6O4. The highest BCUT2D eigenvalue weighted by atomic mass is 16.6. The van der Waals surface area contributed by atoms with Gasteiger partial charge in [0.1, 0.15) is 12.2 Å². The summed E-state index contributed by atoms with van der Waals surface area (Å²) in [6.45, 7) is 11.2. The van der Waals surface area contributed by atoms with Gasteiger partial charge in [0.2, 0.25) is 5.95 Å². The van der Waals surface area contributed by atoms with Crippen molar-refractivity contribution < 1.29 is 19.1 Å². The summed E-state index contributed by atoms with van der Waals surface area (Å²) in [6, 6.07) is 8.99. The molecule has 2 amide bonds. The number of hydrogen-bond acceptors (Lipinski definition) is 8. The number of amides is 2. The lowest BCUT2D eigenvalue weighted by Gasteiger charge is -2.40. The van der Waals surface area contributed by atoms with Crippen molar-refractivity contribution in [1.29, 1.82) is 0 Å². The Hall–Kier alpha value is -3.66. The maximum absolute atomic E-state index is 12.6. The van der Waals surface area contributed by atoms with Gasteiger partial charge in [-0.1, -0.05) is 36.4 Å². The van der Waals surface area contributed by atoms with E-state index in [1.54, 1.807) is 11.1 Å². The number of benzene rings is 1. The van der Waals surface area contributed by atoms with Crippen LogP contribution in [0.4, 0.5) is 21.4 Å². The van der Waals surface area contributed by atoms with E-state index in [1.165, 1.54) is 5.56 Å². The number of anilines is 2. The van der Waals surface area contributed by atoms with Gasteiger partial charge in [-0.2, -0.15) is 4.98 Å². The SMILES string of the molecule is C[C@@H]1Nc2ncc3c(n2)N(C/C=C\CCCC(N2CCN(C(=O)OC(C)(C)C)CC2)c2ccc1cc2)C(=O)OC3. The zero-order chi connectivity index (χ0) is 28.3. The van der Waals surface area contributed by atoms with Crippen LogP contribution in [0.3, 0.4) is 0 Å². The summed E-state index contributed by atoms with van der Waals surface area (Å²) in [5.41, 5.74) is 2.70. The van der Waals surface area contributed by atoms with Crippen molar-refractivity contribution in [1.82, 2.24) is 19.8 Å². The van der Waals surface area contributed by atoms with Crippen molar-refractivity contribution >= 4 is 24.0 Å². The number of aromatic nitrogens is 2. The molecule has 5 heterocycles. The molecule has 1 aromatic carbocycles. The molecule has 0 saturated carbocycles. The van der Waals surface area contributed by atoms with E-state index in [1.807, 2.05) is 31.7 Å². The van der Waals surface area contributed by atoms with E-state index in [-0.39, 0.29) is 24.8 Å². The second kappa shape index (κ2) is 11.8. The molecule has 1 saturated heterocycles. The Morgan fingerprint density at radius 2 is 1.80 bits per heavy atom. The Morgan fingerprint density at radius 1 is 1.07 bits per heavy atom. The van der Waals surface area contributed by atoms with E-state index in [9.17, 15) is 9.59 Å². The number of allylic oxidation sites excluding steroid dienone is 1. The van der Waals surface area contributed by atoms with Crippen LogP contribution in [-0.4, -0.2) is 70.3 Å². The van der Waals surface area contributed by atoms with Gasteiger partial charge in [-0.05, 0) is 58.1 Å². The molecule has 2 aromatic rings. The number of rotatable bonds is 1. The largest absolute Gasteiger partial charge is 0.444 e. The second-order valence-corrected chi connectivity index (χ2v) is 11.7. The number of piperazine rings is 1. The van der Waals surface area contributed by atoms with Crippen LogP contribution in [-0.2, 0) is 16.1 Å². The summed E-state index contributed by atoms with van der Waals surface area (Å²) in [7, 11) is 0. The first-order chi connectivity index (χ1) is 19.2. The normalized spacial score (nSPS) is 23.1. The molecule has 10 heteroatoms. The highest BCUT2D eigenvalue weighted by Crippen LogP contribution is 2.31. The molecule has 4 bridgehead atoms. The van der Waals surface area contributed by atoms with E-state index in [0.717, 1.165) is 43.5 Å². The van der Waals surface area contributed by atoms with Gasteiger partial charge in [-0.25, -0.2) is 14.6 Å². The number of carbonyl (C=O) groups is 2. The van der Waals surface area contributed by atoms with Gasteiger partial charge < -0.3 is 19.7 Å². The number of ether oxygens (including phenoxy) is 2. The molecule has 2 atom stereocenters. The van der Waals surface area contributed by atoms with E-state index in [4.69, 9.17) is 9.47 Å². The summed E-state index contributed by atoms with van der Waals surface area (Å²) >= 11 is 0. The van der Waals surface area contributed by atoms with Gasteiger partial charge >= 0.3 is 12.2 Å². The monoisotopic (exact) mass is 548 g/mol. The summed E-state index contributed by atoms with van der Waals surface area (Å²) < 4.78 is 10.9. The molecule has 4 aliphatic heterocycles. The maximum Gasteiger partial charge on any atom is 0.416 e. The molecule has 0 radical (unpaired) electrons. The van der Waals surface area contributed by atoms with Crippen molar-refractivity contribution in [2.75, 3.05) is 42.9 Å². The predicted octanol–water partition coefficient (Wildman–Crippen LogP) is 5.44. The van der Waals surface area contributed by atoms with Gasteiger partial charge in [-0.15, -0.1) is 0 Å². The molecule has 1 unspecified atom stereocenters. The third-order valence-corrected chi connectivity index (χ3v) is 7.55. The summed E-state index contributed by atoms with van der Waals surface area (Å²) in [5, 5.41) is 3.39. The molecule has 214 valence electrons. The molecule has 0 aliphatic carbocycles. The van der Waals surface area contributed by atoms with Crippen LogP contribution >= 0.6 is 0 Å². The molecule has 1 fully saturated rings. The zero-order valence-electron chi connectivity index (χ0n) is 23.9. The Kier molecular flexibility index (Phi) is 8.25. The van der Waals surface area contributed by atoms with Gasteiger partial charge in [0.15, 0.2) is 5.82 Å². The van der Waals surface area contributed by atoms with Crippen LogP contribution in [0.25, 0.3) is 0 Å². The number of hydrogen-bond donors (Lipinski definition) is 1. The quantitative estimate of drug-likeness (QED) is 0.470. The van der Waals surface area contributed by atoms with Crippen molar-refractivity contribution in [3.63, 3.8) is 0 Å². The first-order valence-electron chi connectivity index (χ1n) is 14.2. The maximum atomic E-state index is 12.6. The fourth-order valence-electron chi connectivity index (χ4n) is 5.38. The van der Waals surface area contributed by atoms with Gasteiger partial charge in [0.25, 0.3) is 0 Å². The zero-order valence-corrected chi connectivity index (χ0v) is 23.9. The van der Waals surface area contributed by atoms with Gasteiger partial charge in [-0.3, -0.25) is 9.80 Å². The number of fused-ring (bicyclic) bond motifs is 8. The molecule has 6 rings (SSSR count). The molecule has 1 aromatic heterocycles. The van der Waals surface area contributed by atoms with E-state index in [0.29, 0.717) is 31.4 Å². The number of nitrogens with zero attached hydrogens (tertiary/aromatic N) is 5. The van der Waals surface area contributed by atoms with Crippen LogP contribution in [0.2, 0.25) is 0 Å². The molecular weight excluding hydrogens is 508 g/mol. The smallest absolute Gasteiger partial charge is 0.416 e. The first kappa shape index (κ1) is 27.9. The van der Waals surface area contributed by atoms with Crippen LogP contribution in [0.1, 0.15) is 75.7 Å².